The number of hydrogen-bond acceptors (Lipinski definition) is 12. The minimum atomic E-state index is -2.16. The summed E-state index contributed by atoms with van der Waals surface area (Å²) in [6.07, 6.45) is -0.784. The number of carbonyl (C=O) groups excluding carboxylic acids is 3. The lowest BCUT2D eigenvalue weighted by atomic mass is 10.0. The number of hydrogen-bond donors (Lipinski definition) is 3. The molecule has 0 heterocycles. The van der Waals surface area contributed by atoms with Gasteiger partial charge in [0.05, 0.1) is 0 Å². The lowest BCUT2D eigenvalue weighted by Crippen LogP contribution is -2.60. The van der Waals surface area contributed by atoms with E-state index in [4.69, 9.17) is 15.6 Å². The van der Waals surface area contributed by atoms with Crippen molar-refractivity contribution in [2.45, 2.75) is 31.3 Å². The number of amides is 1. The number of nitrogens with two attached hydrogens (primary N) is 1. The summed E-state index contributed by atoms with van der Waals surface area (Å²) < 4.78 is 4.76. The van der Waals surface area contributed by atoms with Gasteiger partial charge in [0.25, 0.3) is 16.1 Å². The highest BCUT2D eigenvalue weighted by molar-refractivity contribution is 6.35. The summed E-state index contributed by atoms with van der Waals surface area (Å²) in [5.41, 5.74) is 3.06. The Morgan fingerprint density at radius 3 is 2.00 bits per heavy atom. The number of aliphatic carboxylic acids is 1. The molecule has 1 atom stereocenters. The van der Waals surface area contributed by atoms with Crippen molar-refractivity contribution in [1.29, 1.82) is 0 Å². The molecule has 158 valence electrons. The van der Waals surface area contributed by atoms with Gasteiger partial charge in [0, 0.05) is 13.3 Å². The molecule has 16 heteroatoms. The second kappa shape index (κ2) is 11.2. The standard InChI is InChI=1S/C12H18N4O12/c1-7(17)10(19)14-12(5-27-15(22)23,6-28-16(24)25)4-26-9(18)3-2-8(13)11(20)21/h8H,2-6,13H2,1H3,(H,14,19)(H,20,21)/t8-/m0/s1. The largest absolute Gasteiger partial charge is 0.480 e. The molecule has 16 nitrogen and oxygen atoms in total. The quantitative estimate of drug-likeness (QED) is 0.117. The molecule has 0 aliphatic rings. The van der Waals surface area contributed by atoms with Gasteiger partial charge in [-0.1, -0.05) is 0 Å². The highest BCUT2D eigenvalue weighted by Gasteiger charge is 2.38. The molecule has 0 saturated heterocycles. The third-order valence-electron chi connectivity index (χ3n) is 3.08. The number of esters is 1. The Bertz CT molecular complexity index is 618. The zero-order chi connectivity index (χ0) is 21.9. The molecule has 0 radical (unpaired) electrons. The van der Waals surface area contributed by atoms with Gasteiger partial charge in [-0.3, -0.25) is 19.2 Å². The Labute approximate surface area is 156 Å². The van der Waals surface area contributed by atoms with Gasteiger partial charge >= 0.3 is 11.9 Å². The number of carboxylic acid groups (broad SMARTS) is 1. The Kier molecular flexibility index (Phi) is 9.79. The molecule has 0 aliphatic carbocycles. The topological polar surface area (TPSA) is 241 Å². The van der Waals surface area contributed by atoms with Crippen LogP contribution in [0.4, 0.5) is 0 Å². The molecule has 0 aromatic carbocycles. The van der Waals surface area contributed by atoms with Crippen molar-refractivity contribution in [3.8, 4) is 0 Å². The van der Waals surface area contributed by atoms with E-state index in [2.05, 4.69) is 9.68 Å². The van der Waals surface area contributed by atoms with E-state index in [1.54, 1.807) is 0 Å². The van der Waals surface area contributed by atoms with Crippen molar-refractivity contribution in [3.63, 3.8) is 0 Å². The second-order valence-electron chi connectivity index (χ2n) is 5.43. The summed E-state index contributed by atoms with van der Waals surface area (Å²) in [4.78, 5) is 74.1. The van der Waals surface area contributed by atoms with E-state index in [9.17, 15) is 39.4 Å². The summed E-state index contributed by atoms with van der Waals surface area (Å²) in [6, 6.07) is -1.36. The Balaban J connectivity index is 5.27. The van der Waals surface area contributed by atoms with E-state index in [0.717, 1.165) is 6.92 Å². The molecule has 0 aliphatic heterocycles. The molecule has 1 amide bonds. The van der Waals surface area contributed by atoms with Crippen molar-refractivity contribution >= 4 is 23.6 Å². The number of carboxylic acids is 1. The second-order valence-corrected chi connectivity index (χ2v) is 5.43. The maximum absolute atomic E-state index is 11.7. The minimum Gasteiger partial charge on any atom is -0.480 e. The van der Waals surface area contributed by atoms with Gasteiger partial charge in [-0.15, -0.1) is 20.2 Å². The maximum atomic E-state index is 11.7. The molecule has 0 aromatic rings. The van der Waals surface area contributed by atoms with E-state index in [1.807, 2.05) is 5.32 Å². The fourth-order valence-corrected chi connectivity index (χ4v) is 1.60. The molecule has 0 bridgehead atoms. The van der Waals surface area contributed by atoms with Crippen LogP contribution >= 0.6 is 0 Å². The van der Waals surface area contributed by atoms with E-state index < -0.39 is 71.6 Å². The summed E-state index contributed by atoms with van der Waals surface area (Å²) in [6.45, 7) is -2.19. The number of ether oxygens (including phenoxy) is 1. The number of Topliss-reactive ketones (excluding diaryl/α,β-unsaturated/α-hetero) is 1. The Morgan fingerprint density at radius 1 is 1.11 bits per heavy atom. The zero-order valence-corrected chi connectivity index (χ0v) is 14.5. The van der Waals surface area contributed by atoms with Gasteiger partial charge in [-0.2, -0.15) is 0 Å². The van der Waals surface area contributed by atoms with E-state index in [-0.39, 0.29) is 6.42 Å². The number of carbonyl (C=O) groups is 4. The average molecular weight is 410 g/mol. The van der Waals surface area contributed by atoms with Gasteiger partial charge < -0.3 is 30.6 Å². The van der Waals surface area contributed by atoms with Crippen LogP contribution in [0.3, 0.4) is 0 Å². The summed E-state index contributed by atoms with van der Waals surface area (Å²) in [5, 5.41) is 28.9. The van der Waals surface area contributed by atoms with Crippen LogP contribution in [0.5, 0.6) is 0 Å². The predicted octanol–water partition coefficient (Wildman–Crippen LogP) is -2.42. The van der Waals surface area contributed by atoms with Crippen LogP contribution in [0.2, 0.25) is 0 Å². The molecule has 0 saturated carbocycles. The first kappa shape index (κ1) is 24.4. The van der Waals surface area contributed by atoms with Crippen LogP contribution in [0.25, 0.3) is 0 Å². The van der Waals surface area contributed by atoms with Crippen molar-refractivity contribution < 1.29 is 48.9 Å². The maximum Gasteiger partial charge on any atom is 0.320 e. The van der Waals surface area contributed by atoms with Crippen LogP contribution in [0, 0.1) is 20.2 Å². The van der Waals surface area contributed by atoms with Gasteiger partial charge in [-0.25, -0.2) is 0 Å². The normalized spacial score (nSPS) is 11.6. The number of nitrogens with one attached hydrogen (secondary N) is 1. The number of rotatable bonds is 14. The van der Waals surface area contributed by atoms with E-state index in [0.29, 0.717) is 0 Å². The van der Waals surface area contributed by atoms with Gasteiger partial charge in [-0.05, 0) is 6.42 Å². The summed E-state index contributed by atoms with van der Waals surface area (Å²) in [5.74, 6) is -4.75. The van der Waals surface area contributed by atoms with Crippen molar-refractivity contribution in [3.05, 3.63) is 20.2 Å². The van der Waals surface area contributed by atoms with Crippen LogP contribution in [-0.2, 0) is 33.6 Å². The van der Waals surface area contributed by atoms with E-state index in [1.165, 1.54) is 0 Å². The Hall–Kier alpha value is -3.56. The fraction of sp³-hybridized carbons (Fsp3) is 0.667. The summed E-state index contributed by atoms with van der Waals surface area (Å²) >= 11 is 0. The molecule has 28 heavy (non-hydrogen) atoms. The third-order valence-corrected chi connectivity index (χ3v) is 3.08. The van der Waals surface area contributed by atoms with Crippen LogP contribution in [0.1, 0.15) is 19.8 Å². The number of nitrogens with zero attached hydrogens (tertiary/aromatic N) is 2. The van der Waals surface area contributed by atoms with Crippen molar-refractivity contribution in [1.82, 2.24) is 5.32 Å². The monoisotopic (exact) mass is 410 g/mol. The highest BCUT2D eigenvalue weighted by Crippen LogP contribution is 2.11. The van der Waals surface area contributed by atoms with Gasteiger partial charge in [0.15, 0.2) is 0 Å². The average Bonchev–Trinajstić information content (AvgIpc) is 2.60. The predicted molar refractivity (Wildman–Crippen MR) is 83.3 cm³/mol. The van der Waals surface area contributed by atoms with Gasteiger partial charge in [0.1, 0.15) is 31.4 Å². The summed E-state index contributed by atoms with van der Waals surface area (Å²) in [7, 11) is 0. The highest BCUT2D eigenvalue weighted by atomic mass is 17.0. The fourth-order valence-electron chi connectivity index (χ4n) is 1.60. The van der Waals surface area contributed by atoms with E-state index >= 15 is 0 Å². The minimum absolute atomic E-state index is 0.308. The molecule has 0 unspecified atom stereocenters. The smallest absolute Gasteiger partial charge is 0.320 e. The molecule has 4 N–H and O–H groups in total. The molecule has 0 rings (SSSR count). The third kappa shape index (κ3) is 9.80. The van der Waals surface area contributed by atoms with Crippen LogP contribution < -0.4 is 11.1 Å². The molecule has 0 aromatic heterocycles. The lowest BCUT2D eigenvalue weighted by molar-refractivity contribution is -0.769. The van der Waals surface area contributed by atoms with Crippen molar-refractivity contribution in [2.24, 2.45) is 5.73 Å². The SMILES string of the molecule is CC(=O)C(=O)NC(COC(=O)CC[C@H](N)C(=O)O)(CO[N+](=O)[O-])CO[N+](=O)[O-]. The molecule has 0 spiro atoms. The zero-order valence-electron chi connectivity index (χ0n) is 14.5. The van der Waals surface area contributed by atoms with Gasteiger partial charge in [0.2, 0.25) is 5.78 Å². The first-order valence-electron chi connectivity index (χ1n) is 7.40. The first-order valence-corrected chi connectivity index (χ1v) is 7.40. The lowest BCUT2D eigenvalue weighted by Gasteiger charge is -2.31. The van der Waals surface area contributed by atoms with Crippen LogP contribution in [0.15, 0.2) is 0 Å². The first-order chi connectivity index (χ1) is 12.9. The molecular formula is C12H18N4O12. The van der Waals surface area contributed by atoms with Crippen molar-refractivity contribution in [2.75, 3.05) is 19.8 Å². The molecular weight excluding hydrogens is 392 g/mol. The number of ketones is 1. The molecule has 0 fully saturated rings. The van der Waals surface area contributed by atoms with Crippen LogP contribution in [-0.4, -0.2) is 70.3 Å². The Morgan fingerprint density at radius 2 is 1.61 bits per heavy atom.